The molecule has 2 amide bonds. The second kappa shape index (κ2) is 6.14. The molecule has 0 aromatic heterocycles. The summed E-state index contributed by atoms with van der Waals surface area (Å²) in [6.45, 7) is 5.35. The summed E-state index contributed by atoms with van der Waals surface area (Å²) in [6, 6.07) is 7.36. The van der Waals surface area contributed by atoms with E-state index in [1.165, 1.54) is 4.90 Å². The fourth-order valence-corrected chi connectivity index (χ4v) is 2.84. The zero-order valence-electron chi connectivity index (χ0n) is 14.5. The second-order valence-corrected chi connectivity index (χ2v) is 6.91. The van der Waals surface area contributed by atoms with Crippen LogP contribution in [0.15, 0.2) is 29.3 Å². The second-order valence-electron chi connectivity index (χ2n) is 6.91. The number of amides is 2. The van der Waals surface area contributed by atoms with E-state index in [2.05, 4.69) is 0 Å². The molecular formula is C17H24N4O3. The van der Waals surface area contributed by atoms with E-state index in [4.69, 9.17) is 21.2 Å². The molecule has 1 atom stereocenters. The number of primary amides is 1. The standard InChI is InChI=1S/C17H24N4O3/c1-16(2,24-15(19)23)9-13-20-17(3,10-14(22)21(13)4)11-6-5-7-12(18)8-11/h5-8H,9-10,18H2,1-4H3,(H2,19,23)/t17-/m0/s1. The Labute approximate surface area is 141 Å². The van der Waals surface area contributed by atoms with Gasteiger partial charge in [-0.2, -0.15) is 0 Å². The highest BCUT2D eigenvalue weighted by molar-refractivity contribution is 6.01. The SMILES string of the molecule is CN1C(=O)C[C@@](C)(c2cccc(N)c2)N=C1CC(C)(C)OC(N)=O. The molecule has 1 aromatic carbocycles. The Morgan fingerprint density at radius 1 is 1.46 bits per heavy atom. The summed E-state index contributed by atoms with van der Waals surface area (Å²) < 4.78 is 5.12. The topological polar surface area (TPSA) is 111 Å². The normalized spacial score (nSPS) is 21.4. The third-order valence-corrected chi connectivity index (χ3v) is 4.10. The number of hydrogen-bond donors (Lipinski definition) is 2. The predicted molar refractivity (Wildman–Crippen MR) is 92.4 cm³/mol. The van der Waals surface area contributed by atoms with Crippen LogP contribution in [-0.2, 0) is 15.1 Å². The average molecular weight is 332 g/mol. The highest BCUT2D eigenvalue weighted by Crippen LogP contribution is 2.35. The van der Waals surface area contributed by atoms with Gasteiger partial charge in [-0.3, -0.25) is 9.79 Å². The number of rotatable bonds is 4. The van der Waals surface area contributed by atoms with Gasteiger partial charge in [-0.25, -0.2) is 4.79 Å². The fraction of sp³-hybridized carbons (Fsp3) is 0.471. The van der Waals surface area contributed by atoms with Crippen LogP contribution in [0.3, 0.4) is 0 Å². The van der Waals surface area contributed by atoms with Gasteiger partial charge in [-0.15, -0.1) is 0 Å². The van der Waals surface area contributed by atoms with Crippen molar-refractivity contribution in [2.75, 3.05) is 12.8 Å². The van der Waals surface area contributed by atoms with Crippen molar-refractivity contribution in [3.05, 3.63) is 29.8 Å². The number of anilines is 1. The van der Waals surface area contributed by atoms with Gasteiger partial charge in [-0.1, -0.05) is 12.1 Å². The lowest BCUT2D eigenvalue weighted by Crippen LogP contribution is -2.47. The zero-order chi connectivity index (χ0) is 18.1. The number of nitrogens with two attached hydrogens (primary N) is 2. The first-order valence-electron chi connectivity index (χ1n) is 7.72. The van der Waals surface area contributed by atoms with E-state index in [1.807, 2.05) is 25.1 Å². The molecule has 24 heavy (non-hydrogen) atoms. The number of carbonyl (C=O) groups is 2. The minimum Gasteiger partial charge on any atom is -0.443 e. The highest BCUT2D eigenvalue weighted by Gasteiger charge is 2.39. The summed E-state index contributed by atoms with van der Waals surface area (Å²) in [7, 11) is 1.67. The molecule has 0 aliphatic carbocycles. The Bertz CT molecular complexity index is 699. The van der Waals surface area contributed by atoms with E-state index in [9.17, 15) is 9.59 Å². The van der Waals surface area contributed by atoms with E-state index in [1.54, 1.807) is 27.0 Å². The van der Waals surface area contributed by atoms with Crippen LogP contribution in [-0.4, -0.2) is 35.4 Å². The maximum absolute atomic E-state index is 12.5. The Morgan fingerprint density at radius 3 is 2.71 bits per heavy atom. The molecule has 7 nitrogen and oxygen atoms in total. The summed E-state index contributed by atoms with van der Waals surface area (Å²) in [5, 5.41) is 0. The molecule has 2 rings (SSSR count). The molecular weight excluding hydrogens is 308 g/mol. The lowest BCUT2D eigenvalue weighted by molar-refractivity contribution is -0.128. The van der Waals surface area contributed by atoms with Crippen LogP contribution in [0.25, 0.3) is 0 Å². The van der Waals surface area contributed by atoms with Crippen molar-refractivity contribution in [3.63, 3.8) is 0 Å². The minimum absolute atomic E-state index is 0.0557. The van der Waals surface area contributed by atoms with Gasteiger partial charge in [0.25, 0.3) is 0 Å². The lowest BCUT2D eigenvalue weighted by atomic mass is 9.86. The first-order chi connectivity index (χ1) is 11.0. The van der Waals surface area contributed by atoms with Crippen LogP contribution in [0.2, 0.25) is 0 Å². The van der Waals surface area contributed by atoms with Gasteiger partial charge < -0.3 is 21.1 Å². The van der Waals surface area contributed by atoms with Crippen molar-refractivity contribution in [2.24, 2.45) is 10.7 Å². The van der Waals surface area contributed by atoms with Crippen molar-refractivity contribution in [1.29, 1.82) is 0 Å². The van der Waals surface area contributed by atoms with Crippen LogP contribution < -0.4 is 11.5 Å². The summed E-state index contributed by atoms with van der Waals surface area (Å²) >= 11 is 0. The van der Waals surface area contributed by atoms with Crippen molar-refractivity contribution in [2.45, 2.75) is 44.8 Å². The smallest absolute Gasteiger partial charge is 0.405 e. The van der Waals surface area contributed by atoms with Gasteiger partial charge >= 0.3 is 6.09 Å². The molecule has 0 radical (unpaired) electrons. The molecule has 0 bridgehead atoms. The van der Waals surface area contributed by atoms with E-state index < -0.39 is 17.2 Å². The third-order valence-electron chi connectivity index (χ3n) is 4.10. The largest absolute Gasteiger partial charge is 0.443 e. The van der Waals surface area contributed by atoms with Crippen LogP contribution in [0, 0.1) is 0 Å². The fourth-order valence-electron chi connectivity index (χ4n) is 2.84. The summed E-state index contributed by atoms with van der Waals surface area (Å²) in [5.41, 5.74) is 10.9. The van der Waals surface area contributed by atoms with Gasteiger partial charge in [0.05, 0.1) is 12.0 Å². The monoisotopic (exact) mass is 332 g/mol. The van der Waals surface area contributed by atoms with Gasteiger partial charge in [0.2, 0.25) is 5.91 Å². The van der Waals surface area contributed by atoms with E-state index in [0.717, 1.165) is 5.56 Å². The molecule has 1 aromatic rings. The van der Waals surface area contributed by atoms with Gasteiger partial charge in [0.15, 0.2) is 0 Å². The molecule has 0 saturated carbocycles. The predicted octanol–water partition coefficient (Wildman–Crippen LogP) is 2.01. The first kappa shape index (κ1) is 17.8. The Morgan fingerprint density at radius 2 is 2.12 bits per heavy atom. The first-order valence-corrected chi connectivity index (χ1v) is 7.72. The number of benzene rings is 1. The molecule has 1 aliphatic heterocycles. The Balaban J connectivity index is 2.40. The van der Waals surface area contributed by atoms with Gasteiger partial charge in [0.1, 0.15) is 11.4 Å². The number of ether oxygens (including phenoxy) is 1. The average Bonchev–Trinajstić information content (AvgIpc) is 2.42. The number of amidine groups is 1. The number of hydrogen-bond acceptors (Lipinski definition) is 5. The minimum atomic E-state index is -0.868. The van der Waals surface area contributed by atoms with E-state index in [-0.39, 0.29) is 18.7 Å². The highest BCUT2D eigenvalue weighted by atomic mass is 16.6. The zero-order valence-corrected chi connectivity index (χ0v) is 14.5. The molecule has 0 unspecified atom stereocenters. The number of aliphatic imine (C=N–C) groups is 1. The molecule has 1 aliphatic rings. The van der Waals surface area contributed by atoms with Crippen LogP contribution in [0.1, 0.15) is 39.2 Å². The lowest BCUT2D eigenvalue weighted by Gasteiger charge is -2.37. The molecule has 130 valence electrons. The van der Waals surface area contributed by atoms with Crippen molar-refractivity contribution in [3.8, 4) is 0 Å². The molecule has 4 N–H and O–H groups in total. The molecule has 0 saturated heterocycles. The Hall–Kier alpha value is -2.57. The van der Waals surface area contributed by atoms with Gasteiger partial charge in [0, 0.05) is 19.2 Å². The maximum atomic E-state index is 12.5. The summed E-state index contributed by atoms with van der Waals surface area (Å²) in [6.07, 6.45) is -0.340. The summed E-state index contributed by atoms with van der Waals surface area (Å²) in [4.78, 5) is 29.8. The van der Waals surface area contributed by atoms with E-state index >= 15 is 0 Å². The van der Waals surface area contributed by atoms with Crippen LogP contribution in [0.5, 0.6) is 0 Å². The Kier molecular flexibility index (Phi) is 4.55. The van der Waals surface area contributed by atoms with Crippen LogP contribution >= 0.6 is 0 Å². The quantitative estimate of drug-likeness (QED) is 0.821. The number of nitrogens with zero attached hydrogens (tertiary/aromatic N) is 2. The molecule has 1 heterocycles. The molecule has 7 heteroatoms. The molecule has 0 spiro atoms. The third kappa shape index (κ3) is 3.84. The number of carbonyl (C=O) groups excluding carboxylic acids is 2. The number of nitrogen functional groups attached to an aromatic ring is 1. The van der Waals surface area contributed by atoms with Crippen molar-refractivity contribution in [1.82, 2.24) is 4.90 Å². The van der Waals surface area contributed by atoms with Crippen molar-refractivity contribution < 1.29 is 14.3 Å². The summed E-state index contributed by atoms with van der Waals surface area (Å²) in [5.74, 6) is 0.488. The van der Waals surface area contributed by atoms with Gasteiger partial charge in [-0.05, 0) is 38.5 Å². The maximum Gasteiger partial charge on any atom is 0.405 e. The van der Waals surface area contributed by atoms with Crippen molar-refractivity contribution >= 4 is 23.5 Å². The van der Waals surface area contributed by atoms with Crippen LogP contribution in [0.4, 0.5) is 10.5 Å². The molecule has 0 fully saturated rings. The van der Waals surface area contributed by atoms with E-state index in [0.29, 0.717) is 11.5 Å².